The fourth-order valence-corrected chi connectivity index (χ4v) is 2.39. The summed E-state index contributed by atoms with van der Waals surface area (Å²) in [5, 5.41) is 20.8. The summed E-state index contributed by atoms with van der Waals surface area (Å²) in [4.78, 5) is 0. The molecule has 4 nitrogen and oxygen atoms in total. The van der Waals surface area contributed by atoms with E-state index in [-0.39, 0.29) is 6.10 Å². The zero-order valence-corrected chi connectivity index (χ0v) is 9.31. The van der Waals surface area contributed by atoms with Crippen LogP contribution in [0.4, 0.5) is 5.13 Å². The Morgan fingerprint density at radius 1 is 1.54 bits per heavy atom. The van der Waals surface area contributed by atoms with Crippen molar-refractivity contribution in [3.05, 3.63) is 3.92 Å². The molecule has 0 unspecified atom stereocenters. The summed E-state index contributed by atoms with van der Waals surface area (Å²) in [5.41, 5.74) is 0. The lowest BCUT2D eigenvalue weighted by molar-refractivity contribution is 0.0487. The maximum Gasteiger partial charge on any atom is 0.206 e. The van der Waals surface area contributed by atoms with Crippen LogP contribution in [0.15, 0.2) is 3.92 Å². The standard InChI is InChI=1S/C7H10BrN3OS/c8-6-10-11-7(13-6)9-3-4-1-5(12)2-4/h4-5,12H,1-3H2,(H,9,11). The highest BCUT2D eigenvalue weighted by molar-refractivity contribution is 9.11. The molecule has 1 saturated carbocycles. The molecule has 0 saturated heterocycles. The van der Waals surface area contributed by atoms with Crippen molar-refractivity contribution < 1.29 is 5.11 Å². The van der Waals surface area contributed by atoms with Crippen molar-refractivity contribution in [3.8, 4) is 0 Å². The molecule has 6 heteroatoms. The lowest BCUT2D eigenvalue weighted by atomic mass is 9.82. The molecule has 1 heterocycles. The summed E-state index contributed by atoms with van der Waals surface area (Å²) >= 11 is 4.73. The minimum Gasteiger partial charge on any atom is -0.393 e. The summed E-state index contributed by atoms with van der Waals surface area (Å²) in [6.45, 7) is 0.888. The predicted octanol–water partition coefficient (Wildman–Crippen LogP) is 1.48. The van der Waals surface area contributed by atoms with Gasteiger partial charge < -0.3 is 10.4 Å². The maximum absolute atomic E-state index is 9.06. The number of anilines is 1. The van der Waals surface area contributed by atoms with Crippen LogP contribution in [-0.2, 0) is 0 Å². The number of aliphatic hydroxyl groups excluding tert-OH is 1. The molecule has 1 aromatic rings. The number of hydrogen-bond donors (Lipinski definition) is 2. The van der Waals surface area contributed by atoms with E-state index in [1.807, 2.05) is 0 Å². The minimum absolute atomic E-state index is 0.0760. The Balaban J connectivity index is 1.74. The van der Waals surface area contributed by atoms with Gasteiger partial charge in [0.25, 0.3) is 0 Å². The Morgan fingerprint density at radius 2 is 2.31 bits per heavy atom. The van der Waals surface area contributed by atoms with Crippen molar-refractivity contribution >= 4 is 32.4 Å². The van der Waals surface area contributed by atoms with E-state index < -0.39 is 0 Å². The van der Waals surface area contributed by atoms with Crippen molar-refractivity contribution in [1.29, 1.82) is 0 Å². The number of halogens is 1. The van der Waals surface area contributed by atoms with E-state index in [1.165, 1.54) is 11.3 Å². The van der Waals surface area contributed by atoms with Crippen LogP contribution in [0.2, 0.25) is 0 Å². The number of aliphatic hydroxyl groups is 1. The molecule has 0 spiro atoms. The molecule has 1 fully saturated rings. The highest BCUT2D eigenvalue weighted by Gasteiger charge is 2.26. The van der Waals surface area contributed by atoms with Gasteiger partial charge in [-0.15, -0.1) is 10.2 Å². The fourth-order valence-electron chi connectivity index (χ4n) is 1.38. The van der Waals surface area contributed by atoms with Crippen LogP contribution < -0.4 is 5.32 Å². The van der Waals surface area contributed by atoms with Gasteiger partial charge in [-0.3, -0.25) is 0 Å². The van der Waals surface area contributed by atoms with Crippen LogP contribution in [0.25, 0.3) is 0 Å². The van der Waals surface area contributed by atoms with E-state index in [2.05, 4.69) is 31.4 Å². The number of rotatable bonds is 3. The van der Waals surface area contributed by atoms with Gasteiger partial charge in [0.1, 0.15) is 0 Å². The first kappa shape index (κ1) is 9.36. The molecule has 2 N–H and O–H groups in total. The smallest absolute Gasteiger partial charge is 0.206 e. The predicted molar refractivity (Wildman–Crippen MR) is 54.8 cm³/mol. The summed E-state index contributed by atoms with van der Waals surface area (Å²) in [7, 11) is 0. The molecule has 0 aliphatic heterocycles. The van der Waals surface area contributed by atoms with Gasteiger partial charge in [0.2, 0.25) is 5.13 Å². The molecular formula is C7H10BrN3OS. The second kappa shape index (κ2) is 3.89. The van der Waals surface area contributed by atoms with Crippen molar-refractivity contribution in [2.24, 2.45) is 5.92 Å². The third-order valence-electron chi connectivity index (χ3n) is 2.15. The lowest BCUT2D eigenvalue weighted by Crippen LogP contribution is -2.33. The SMILES string of the molecule is OC1CC(CNc2nnc(Br)s2)C1. The van der Waals surface area contributed by atoms with E-state index in [9.17, 15) is 0 Å². The van der Waals surface area contributed by atoms with Gasteiger partial charge in [0.05, 0.1) is 6.10 Å². The zero-order valence-electron chi connectivity index (χ0n) is 6.90. The molecule has 72 valence electrons. The van der Waals surface area contributed by atoms with Crippen LogP contribution in [0.1, 0.15) is 12.8 Å². The first-order valence-corrected chi connectivity index (χ1v) is 5.76. The Bertz CT molecular complexity index is 287. The van der Waals surface area contributed by atoms with Gasteiger partial charge in [-0.1, -0.05) is 11.3 Å². The average Bonchev–Trinajstić information content (AvgIpc) is 2.43. The quantitative estimate of drug-likeness (QED) is 0.868. The second-order valence-electron chi connectivity index (χ2n) is 3.23. The first-order chi connectivity index (χ1) is 6.24. The molecule has 0 bridgehead atoms. The van der Waals surface area contributed by atoms with Crippen LogP contribution in [-0.4, -0.2) is 28.0 Å². The monoisotopic (exact) mass is 263 g/mol. The Hall–Kier alpha value is -0.200. The largest absolute Gasteiger partial charge is 0.393 e. The van der Waals surface area contributed by atoms with Crippen molar-refractivity contribution in [1.82, 2.24) is 10.2 Å². The van der Waals surface area contributed by atoms with Crippen LogP contribution in [0.5, 0.6) is 0 Å². The third-order valence-corrected chi connectivity index (χ3v) is 3.47. The summed E-state index contributed by atoms with van der Waals surface area (Å²) in [6, 6.07) is 0. The normalized spacial score (nSPS) is 26.9. The Labute approximate surface area is 88.5 Å². The third kappa shape index (κ3) is 2.38. The zero-order chi connectivity index (χ0) is 9.26. The summed E-state index contributed by atoms with van der Waals surface area (Å²) < 4.78 is 0.795. The molecule has 0 amide bonds. The first-order valence-electron chi connectivity index (χ1n) is 4.15. The molecule has 0 atom stereocenters. The number of nitrogens with one attached hydrogen (secondary N) is 1. The molecule has 0 radical (unpaired) electrons. The van der Waals surface area contributed by atoms with E-state index in [4.69, 9.17) is 5.11 Å². The number of aromatic nitrogens is 2. The van der Waals surface area contributed by atoms with Gasteiger partial charge in [0.15, 0.2) is 3.92 Å². The average molecular weight is 264 g/mol. The lowest BCUT2D eigenvalue weighted by Gasteiger charge is -2.31. The van der Waals surface area contributed by atoms with Gasteiger partial charge in [-0.2, -0.15) is 0 Å². The minimum atomic E-state index is -0.0760. The second-order valence-corrected chi connectivity index (χ2v) is 5.49. The van der Waals surface area contributed by atoms with Gasteiger partial charge in [-0.05, 0) is 34.7 Å². The van der Waals surface area contributed by atoms with Gasteiger partial charge in [-0.25, -0.2) is 0 Å². The van der Waals surface area contributed by atoms with E-state index >= 15 is 0 Å². The van der Waals surface area contributed by atoms with Gasteiger partial charge in [0, 0.05) is 6.54 Å². The Morgan fingerprint density at radius 3 is 2.85 bits per heavy atom. The molecule has 1 aromatic heterocycles. The van der Waals surface area contributed by atoms with Crippen molar-refractivity contribution in [2.75, 3.05) is 11.9 Å². The molecule has 0 aromatic carbocycles. The number of hydrogen-bond acceptors (Lipinski definition) is 5. The highest BCUT2D eigenvalue weighted by atomic mass is 79.9. The van der Waals surface area contributed by atoms with E-state index in [0.717, 1.165) is 28.4 Å². The molecule has 2 rings (SSSR count). The number of nitrogens with zero attached hydrogens (tertiary/aromatic N) is 2. The molecular weight excluding hydrogens is 254 g/mol. The summed E-state index contributed by atoms with van der Waals surface area (Å²) in [6.07, 6.45) is 1.74. The van der Waals surface area contributed by atoms with Crippen LogP contribution >= 0.6 is 27.3 Å². The van der Waals surface area contributed by atoms with Crippen LogP contribution in [0, 0.1) is 5.92 Å². The highest BCUT2D eigenvalue weighted by Crippen LogP contribution is 2.28. The maximum atomic E-state index is 9.06. The van der Waals surface area contributed by atoms with E-state index in [0.29, 0.717) is 5.92 Å². The van der Waals surface area contributed by atoms with Crippen molar-refractivity contribution in [3.63, 3.8) is 0 Å². The molecule has 13 heavy (non-hydrogen) atoms. The van der Waals surface area contributed by atoms with E-state index in [1.54, 1.807) is 0 Å². The van der Waals surface area contributed by atoms with Gasteiger partial charge >= 0.3 is 0 Å². The topological polar surface area (TPSA) is 58.0 Å². The fraction of sp³-hybridized carbons (Fsp3) is 0.714. The van der Waals surface area contributed by atoms with Crippen molar-refractivity contribution in [2.45, 2.75) is 18.9 Å². The molecule has 1 aliphatic rings. The molecule has 1 aliphatic carbocycles. The summed E-state index contributed by atoms with van der Waals surface area (Å²) in [5.74, 6) is 0.595. The Kier molecular flexibility index (Phi) is 2.80. The van der Waals surface area contributed by atoms with Crippen LogP contribution in [0.3, 0.4) is 0 Å².